The number of carbonyl (C=O) groups is 1. The molecule has 6 heteroatoms. The van der Waals surface area contributed by atoms with Crippen LogP contribution in [0.25, 0.3) is 0 Å². The molecule has 0 bridgehead atoms. The molecule has 1 unspecified atom stereocenters. The normalized spacial score (nSPS) is 28.0. The Kier molecular flexibility index (Phi) is 4.30. The largest absolute Gasteiger partial charge is 0.388 e. The van der Waals surface area contributed by atoms with E-state index >= 15 is 0 Å². The van der Waals surface area contributed by atoms with Crippen molar-refractivity contribution in [1.29, 1.82) is 0 Å². The summed E-state index contributed by atoms with van der Waals surface area (Å²) in [6.07, 6.45) is 1.22. The van der Waals surface area contributed by atoms with Crippen LogP contribution < -0.4 is 5.32 Å². The van der Waals surface area contributed by atoms with Crippen molar-refractivity contribution in [3.63, 3.8) is 0 Å². The Hall–Kier alpha value is -0.300. The standard InChI is InChI=1S/C11H20N2O3S/c1-13(10(14)9-6-17-8-12-9)7-11(15)2-4-16-5-3-11/h9,12,15H,2-8H2,1H3. The average Bonchev–Trinajstić information content (AvgIpc) is 2.81. The first kappa shape index (κ1) is 13.1. The fraction of sp³-hybridized carbons (Fsp3) is 0.909. The maximum absolute atomic E-state index is 12.1. The summed E-state index contributed by atoms with van der Waals surface area (Å²) < 4.78 is 5.23. The summed E-state index contributed by atoms with van der Waals surface area (Å²) in [5, 5.41) is 13.5. The Morgan fingerprint density at radius 1 is 1.59 bits per heavy atom. The summed E-state index contributed by atoms with van der Waals surface area (Å²) in [7, 11) is 1.76. The van der Waals surface area contributed by atoms with Crippen LogP contribution in [0, 0.1) is 0 Å². The molecular weight excluding hydrogens is 240 g/mol. The number of nitrogens with one attached hydrogen (secondary N) is 1. The van der Waals surface area contributed by atoms with Gasteiger partial charge < -0.3 is 14.7 Å². The van der Waals surface area contributed by atoms with Crippen molar-refractivity contribution < 1.29 is 14.6 Å². The quantitative estimate of drug-likeness (QED) is 0.726. The zero-order chi connectivity index (χ0) is 12.3. The highest BCUT2D eigenvalue weighted by Gasteiger charge is 2.34. The van der Waals surface area contributed by atoms with E-state index < -0.39 is 5.60 Å². The van der Waals surface area contributed by atoms with Gasteiger partial charge in [-0.25, -0.2) is 0 Å². The van der Waals surface area contributed by atoms with Crippen LogP contribution in [0.1, 0.15) is 12.8 Å². The van der Waals surface area contributed by atoms with Crippen molar-refractivity contribution in [3.8, 4) is 0 Å². The third-order valence-electron chi connectivity index (χ3n) is 3.35. The van der Waals surface area contributed by atoms with Gasteiger partial charge in [-0.15, -0.1) is 11.8 Å². The third kappa shape index (κ3) is 3.34. The number of aliphatic hydroxyl groups is 1. The van der Waals surface area contributed by atoms with E-state index in [1.807, 2.05) is 0 Å². The minimum absolute atomic E-state index is 0.0786. The fourth-order valence-electron chi connectivity index (χ4n) is 2.25. The second kappa shape index (κ2) is 5.56. The van der Waals surface area contributed by atoms with Crippen LogP contribution in [0.15, 0.2) is 0 Å². The first-order chi connectivity index (χ1) is 8.11. The molecule has 0 aromatic heterocycles. The van der Waals surface area contributed by atoms with E-state index in [9.17, 15) is 9.90 Å². The van der Waals surface area contributed by atoms with Crippen LogP contribution in [0.2, 0.25) is 0 Å². The molecule has 2 heterocycles. The van der Waals surface area contributed by atoms with E-state index in [2.05, 4.69) is 5.32 Å². The van der Waals surface area contributed by atoms with E-state index in [1.54, 1.807) is 23.7 Å². The number of carbonyl (C=O) groups excluding carboxylic acids is 1. The highest BCUT2D eigenvalue weighted by atomic mass is 32.2. The van der Waals surface area contributed by atoms with E-state index in [4.69, 9.17) is 4.74 Å². The number of amides is 1. The number of likely N-dealkylation sites (N-methyl/N-ethyl adjacent to an activating group) is 1. The zero-order valence-corrected chi connectivity index (χ0v) is 11.0. The predicted molar refractivity (Wildman–Crippen MR) is 66.9 cm³/mol. The zero-order valence-electron chi connectivity index (χ0n) is 10.1. The Morgan fingerprint density at radius 2 is 2.29 bits per heavy atom. The molecule has 1 atom stereocenters. The molecule has 2 N–H and O–H groups in total. The van der Waals surface area contributed by atoms with Crippen molar-refractivity contribution in [2.75, 3.05) is 38.4 Å². The Labute approximate surface area is 106 Å². The SMILES string of the molecule is CN(CC1(O)CCOCC1)C(=O)C1CSCN1. The summed E-state index contributed by atoms with van der Waals surface area (Å²) in [4.78, 5) is 13.7. The summed E-state index contributed by atoms with van der Waals surface area (Å²) in [6, 6.07) is -0.0894. The Balaban J connectivity index is 1.86. The second-order valence-corrected chi connectivity index (χ2v) is 5.83. The number of hydrogen-bond acceptors (Lipinski definition) is 5. The monoisotopic (exact) mass is 260 g/mol. The molecule has 0 saturated carbocycles. The van der Waals surface area contributed by atoms with Crippen LogP contribution in [-0.4, -0.2) is 66.0 Å². The van der Waals surface area contributed by atoms with E-state index in [0.717, 1.165) is 11.6 Å². The summed E-state index contributed by atoms with van der Waals surface area (Å²) in [5.41, 5.74) is -0.769. The topological polar surface area (TPSA) is 61.8 Å². The molecule has 0 radical (unpaired) electrons. The molecule has 1 amide bonds. The van der Waals surface area contributed by atoms with Crippen LogP contribution in [0.5, 0.6) is 0 Å². The van der Waals surface area contributed by atoms with Gasteiger partial charge in [-0.3, -0.25) is 10.1 Å². The number of ether oxygens (including phenoxy) is 1. The van der Waals surface area contributed by atoms with Crippen molar-refractivity contribution >= 4 is 17.7 Å². The minimum Gasteiger partial charge on any atom is -0.388 e. The van der Waals surface area contributed by atoms with Gasteiger partial charge in [-0.05, 0) is 0 Å². The van der Waals surface area contributed by atoms with Gasteiger partial charge in [0.15, 0.2) is 0 Å². The molecule has 0 aromatic carbocycles. The highest BCUT2D eigenvalue weighted by Crippen LogP contribution is 2.22. The molecular formula is C11H20N2O3S. The van der Waals surface area contributed by atoms with Gasteiger partial charge in [0.1, 0.15) is 0 Å². The van der Waals surface area contributed by atoms with Gasteiger partial charge >= 0.3 is 0 Å². The molecule has 17 heavy (non-hydrogen) atoms. The minimum atomic E-state index is -0.769. The summed E-state index contributed by atoms with van der Waals surface area (Å²) in [6.45, 7) is 1.56. The van der Waals surface area contributed by atoms with Crippen LogP contribution in [-0.2, 0) is 9.53 Å². The molecule has 2 aliphatic heterocycles. The van der Waals surface area contributed by atoms with Gasteiger partial charge in [-0.1, -0.05) is 0 Å². The van der Waals surface area contributed by atoms with Gasteiger partial charge in [0.25, 0.3) is 0 Å². The first-order valence-corrected chi connectivity index (χ1v) is 7.12. The molecule has 98 valence electrons. The Bertz CT molecular complexity index is 276. The van der Waals surface area contributed by atoms with Crippen LogP contribution in [0.4, 0.5) is 0 Å². The number of rotatable bonds is 3. The maximum atomic E-state index is 12.1. The number of thioether (sulfide) groups is 1. The molecule has 2 saturated heterocycles. The van der Waals surface area contributed by atoms with Crippen molar-refractivity contribution in [2.45, 2.75) is 24.5 Å². The lowest BCUT2D eigenvalue weighted by Gasteiger charge is -2.36. The predicted octanol–water partition coefficient (Wildman–Crippen LogP) is -0.351. The number of nitrogens with zero attached hydrogens (tertiary/aromatic N) is 1. The molecule has 5 nitrogen and oxygen atoms in total. The van der Waals surface area contributed by atoms with E-state index in [1.165, 1.54) is 0 Å². The summed E-state index contributed by atoms with van der Waals surface area (Å²) in [5.74, 6) is 1.74. The lowest BCUT2D eigenvalue weighted by atomic mass is 9.94. The van der Waals surface area contributed by atoms with Gasteiger partial charge in [-0.2, -0.15) is 0 Å². The van der Waals surface area contributed by atoms with Crippen molar-refractivity contribution in [3.05, 3.63) is 0 Å². The molecule has 2 rings (SSSR count). The second-order valence-electron chi connectivity index (χ2n) is 4.80. The molecule has 0 aliphatic carbocycles. The lowest BCUT2D eigenvalue weighted by Crippen LogP contribution is -2.51. The fourth-order valence-corrected chi connectivity index (χ4v) is 3.18. The third-order valence-corrected chi connectivity index (χ3v) is 4.29. The van der Waals surface area contributed by atoms with E-state index in [-0.39, 0.29) is 11.9 Å². The highest BCUT2D eigenvalue weighted by molar-refractivity contribution is 7.99. The average molecular weight is 260 g/mol. The van der Waals surface area contributed by atoms with Crippen molar-refractivity contribution in [1.82, 2.24) is 10.2 Å². The number of hydrogen-bond donors (Lipinski definition) is 2. The lowest BCUT2D eigenvalue weighted by molar-refractivity contribution is -0.138. The maximum Gasteiger partial charge on any atom is 0.240 e. The van der Waals surface area contributed by atoms with Gasteiger partial charge in [0.05, 0.1) is 11.6 Å². The molecule has 2 fully saturated rings. The van der Waals surface area contributed by atoms with Gasteiger partial charge in [0, 0.05) is 51.3 Å². The van der Waals surface area contributed by atoms with Crippen LogP contribution in [0.3, 0.4) is 0 Å². The van der Waals surface area contributed by atoms with Crippen LogP contribution >= 0.6 is 11.8 Å². The molecule has 0 spiro atoms. The Morgan fingerprint density at radius 3 is 2.88 bits per heavy atom. The molecule has 0 aromatic rings. The molecule has 2 aliphatic rings. The first-order valence-electron chi connectivity index (χ1n) is 5.97. The summed E-state index contributed by atoms with van der Waals surface area (Å²) >= 11 is 1.73. The van der Waals surface area contributed by atoms with Crippen molar-refractivity contribution in [2.24, 2.45) is 0 Å². The smallest absolute Gasteiger partial charge is 0.240 e. The van der Waals surface area contributed by atoms with Gasteiger partial charge in [0.2, 0.25) is 5.91 Å². The van der Waals surface area contributed by atoms with E-state index in [0.29, 0.717) is 32.6 Å².